The number of hydrogen-bond acceptors (Lipinski definition) is 2. The predicted octanol–water partition coefficient (Wildman–Crippen LogP) is 4.09. The first-order chi connectivity index (χ1) is 10.0. The van der Waals surface area contributed by atoms with Crippen LogP contribution in [0, 0.1) is 18.9 Å². The number of nitrogens with zero attached hydrogens (tertiary/aromatic N) is 1. The van der Waals surface area contributed by atoms with Crippen molar-refractivity contribution in [2.24, 2.45) is 4.99 Å². The smallest absolute Gasteiger partial charge is 0.0553 e. The van der Waals surface area contributed by atoms with Gasteiger partial charge in [-0.15, -0.1) is 0 Å². The predicted molar refractivity (Wildman–Crippen MR) is 91.0 cm³/mol. The fourth-order valence-corrected chi connectivity index (χ4v) is 2.36. The molecule has 0 aromatic heterocycles. The van der Waals surface area contributed by atoms with Gasteiger partial charge >= 0.3 is 0 Å². The molecule has 1 atom stereocenters. The quantitative estimate of drug-likeness (QED) is 0.639. The molecule has 0 radical (unpaired) electrons. The van der Waals surface area contributed by atoms with Crippen molar-refractivity contribution in [1.29, 1.82) is 0 Å². The van der Waals surface area contributed by atoms with Gasteiger partial charge in [-0.05, 0) is 57.4 Å². The third-order valence-corrected chi connectivity index (χ3v) is 3.82. The van der Waals surface area contributed by atoms with Crippen LogP contribution in [-0.4, -0.2) is 11.8 Å². The van der Waals surface area contributed by atoms with Crippen molar-refractivity contribution in [1.82, 2.24) is 5.32 Å². The fraction of sp³-hybridized carbons (Fsp3) is 0.316. The van der Waals surface area contributed by atoms with Crippen molar-refractivity contribution in [2.45, 2.75) is 40.7 Å². The molecule has 108 valence electrons. The first-order valence-corrected chi connectivity index (χ1v) is 7.25. The molecule has 1 heterocycles. The Morgan fingerprint density at radius 2 is 1.86 bits per heavy atom. The van der Waals surface area contributed by atoms with E-state index in [0.717, 1.165) is 11.4 Å². The number of allylic oxidation sites excluding steroid dienone is 2. The third kappa shape index (κ3) is 3.44. The van der Waals surface area contributed by atoms with E-state index in [2.05, 4.69) is 73.4 Å². The van der Waals surface area contributed by atoms with Gasteiger partial charge in [0.05, 0.1) is 5.71 Å². The Morgan fingerprint density at radius 3 is 2.48 bits per heavy atom. The molecular weight excluding hydrogens is 256 g/mol. The summed E-state index contributed by atoms with van der Waals surface area (Å²) in [5.74, 6) is 2.82. The molecule has 1 aliphatic heterocycles. The van der Waals surface area contributed by atoms with E-state index in [1.165, 1.54) is 22.3 Å². The van der Waals surface area contributed by atoms with Gasteiger partial charge in [0.25, 0.3) is 0 Å². The van der Waals surface area contributed by atoms with Crippen LogP contribution in [0.5, 0.6) is 0 Å². The first kappa shape index (κ1) is 15.1. The summed E-state index contributed by atoms with van der Waals surface area (Å²) >= 11 is 0. The molecule has 0 saturated heterocycles. The summed E-state index contributed by atoms with van der Waals surface area (Å²) in [4.78, 5) is 4.32. The van der Waals surface area contributed by atoms with Gasteiger partial charge in [-0.1, -0.05) is 35.7 Å². The number of aliphatic imine (C=N–C) groups is 1. The number of nitrogens with one attached hydrogen (secondary N) is 1. The second-order valence-electron chi connectivity index (χ2n) is 5.45. The molecular formula is C19H22N2. The van der Waals surface area contributed by atoms with Crippen LogP contribution in [0.3, 0.4) is 0 Å². The van der Waals surface area contributed by atoms with Crippen LogP contribution in [0.2, 0.25) is 0 Å². The Morgan fingerprint density at radius 1 is 1.19 bits per heavy atom. The molecule has 21 heavy (non-hydrogen) atoms. The SMILES string of the molecule is CC#CN=C(C)C1=C(C)C(C)NC(c2ccc(C)cc2)=C1. The second-order valence-corrected chi connectivity index (χ2v) is 5.45. The minimum absolute atomic E-state index is 0.293. The maximum absolute atomic E-state index is 4.32. The highest BCUT2D eigenvalue weighted by Crippen LogP contribution is 2.25. The zero-order valence-corrected chi connectivity index (χ0v) is 13.4. The molecule has 0 bridgehead atoms. The van der Waals surface area contributed by atoms with E-state index in [1.54, 1.807) is 6.92 Å². The van der Waals surface area contributed by atoms with Crippen LogP contribution in [0.15, 0.2) is 46.5 Å². The summed E-state index contributed by atoms with van der Waals surface area (Å²) in [5.41, 5.74) is 7.06. The fourth-order valence-electron chi connectivity index (χ4n) is 2.36. The van der Waals surface area contributed by atoms with E-state index in [1.807, 2.05) is 6.92 Å². The molecule has 1 unspecified atom stereocenters. The van der Waals surface area contributed by atoms with Gasteiger partial charge in [0, 0.05) is 17.8 Å². The highest BCUT2D eigenvalue weighted by Gasteiger charge is 2.18. The van der Waals surface area contributed by atoms with Gasteiger partial charge in [0.15, 0.2) is 0 Å². The molecule has 1 aromatic rings. The average molecular weight is 278 g/mol. The van der Waals surface area contributed by atoms with Gasteiger partial charge in [0.2, 0.25) is 0 Å². The maximum atomic E-state index is 4.32. The molecule has 1 aromatic carbocycles. The molecule has 0 aliphatic carbocycles. The van der Waals surface area contributed by atoms with Gasteiger partial charge in [-0.2, -0.15) is 0 Å². The highest BCUT2D eigenvalue weighted by atomic mass is 14.9. The van der Waals surface area contributed by atoms with E-state index in [-0.39, 0.29) is 0 Å². The molecule has 0 fully saturated rings. The lowest BCUT2D eigenvalue weighted by molar-refractivity contribution is 0.729. The minimum atomic E-state index is 0.293. The van der Waals surface area contributed by atoms with Gasteiger partial charge in [-0.25, -0.2) is 4.99 Å². The summed E-state index contributed by atoms with van der Waals surface area (Å²) < 4.78 is 0. The zero-order chi connectivity index (χ0) is 15.4. The number of aryl methyl sites for hydroxylation is 1. The molecule has 2 rings (SSSR count). The van der Waals surface area contributed by atoms with Gasteiger partial charge in [-0.3, -0.25) is 0 Å². The van der Waals surface area contributed by atoms with Crippen molar-refractivity contribution in [3.63, 3.8) is 0 Å². The van der Waals surface area contributed by atoms with Crippen LogP contribution in [0.1, 0.15) is 38.8 Å². The second kappa shape index (κ2) is 6.45. The zero-order valence-electron chi connectivity index (χ0n) is 13.4. The highest BCUT2D eigenvalue weighted by molar-refractivity contribution is 6.04. The van der Waals surface area contributed by atoms with Crippen LogP contribution in [0.25, 0.3) is 5.70 Å². The lowest BCUT2D eigenvalue weighted by Gasteiger charge is -2.26. The summed E-state index contributed by atoms with van der Waals surface area (Å²) in [7, 11) is 0. The molecule has 1 N–H and O–H groups in total. The van der Waals surface area contributed by atoms with Gasteiger partial charge in [0.1, 0.15) is 0 Å². The topological polar surface area (TPSA) is 24.4 Å². The van der Waals surface area contributed by atoms with E-state index in [9.17, 15) is 0 Å². The largest absolute Gasteiger partial charge is 0.378 e. The number of hydrogen-bond donors (Lipinski definition) is 1. The van der Waals surface area contributed by atoms with Crippen molar-refractivity contribution in [3.05, 3.63) is 52.6 Å². The van der Waals surface area contributed by atoms with E-state index in [4.69, 9.17) is 0 Å². The summed E-state index contributed by atoms with van der Waals surface area (Å²) in [6, 6.07) is 11.7. The van der Waals surface area contributed by atoms with Crippen LogP contribution in [-0.2, 0) is 0 Å². The Labute approximate surface area is 127 Å². The van der Waals surface area contributed by atoms with Crippen LogP contribution < -0.4 is 5.32 Å². The van der Waals surface area contributed by atoms with Crippen molar-refractivity contribution < 1.29 is 0 Å². The van der Waals surface area contributed by atoms with E-state index < -0.39 is 0 Å². The molecule has 2 heteroatoms. The molecule has 0 saturated carbocycles. The average Bonchev–Trinajstić information content (AvgIpc) is 2.48. The Balaban J connectivity index is 2.44. The monoisotopic (exact) mass is 278 g/mol. The summed E-state index contributed by atoms with van der Waals surface area (Å²) in [5, 5.41) is 3.55. The third-order valence-electron chi connectivity index (χ3n) is 3.82. The van der Waals surface area contributed by atoms with Crippen molar-refractivity contribution >= 4 is 11.4 Å². The lowest BCUT2D eigenvalue weighted by Crippen LogP contribution is -2.30. The standard InChI is InChI=1S/C19H22N2/c1-6-11-20-16(5)18-12-19(21-15(4)14(18)3)17-9-7-13(2)8-10-17/h7-10,12,15,21H,1-5H3. The summed E-state index contributed by atoms with van der Waals surface area (Å²) in [6.07, 6.45) is 2.18. The summed E-state index contributed by atoms with van der Waals surface area (Å²) in [6.45, 7) is 10.2. The van der Waals surface area contributed by atoms with Crippen LogP contribution >= 0.6 is 0 Å². The number of benzene rings is 1. The van der Waals surface area contributed by atoms with Gasteiger partial charge < -0.3 is 5.32 Å². The molecule has 0 spiro atoms. The maximum Gasteiger partial charge on any atom is 0.0553 e. The lowest BCUT2D eigenvalue weighted by atomic mass is 9.93. The number of rotatable bonds is 2. The molecule has 0 amide bonds. The Kier molecular flexibility index (Phi) is 4.65. The van der Waals surface area contributed by atoms with E-state index >= 15 is 0 Å². The van der Waals surface area contributed by atoms with Crippen molar-refractivity contribution in [2.75, 3.05) is 0 Å². The minimum Gasteiger partial charge on any atom is -0.378 e. The Bertz CT molecular complexity index is 677. The normalized spacial score (nSPS) is 18.6. The van der Waals surface area contributed by atoms with E-state index in [0.29, 0.717) is 6.04 Å². The molecule has 2 nitrogen and oxygen atoms in total. The first-order valence-electron chi connectivity index (χ1n) is 7.25. The van der Waals surface area contributed by atoms with Crippen LogP contribution in [0.4, 0.5) is 0 Å². The number of dihydropyridines is 1. The Hall–Kier alpha value is -2.27. The van der Waals surface area contributed by atoms with Crippen molar-refractivity contribution in [3.8, 4) is 12.0 Å². The molecule has 1 aliphatic rings.